The van der Waals surface area contributed by atoms with Gasteiger partial charge in [0.05, 0.1) is 11.3 Å². The molecular weight excluding hydrogens is 314 g/mol. The number of hydrogen-bond acceptors (Lipinski definition) is 5. The molecule has 1 aliphatic rings. The van der Waals surface area contributed by atoms with Crippen LogP contribution in [0.15, 0.2) is 48.7 Å². The number of aromatic nitrogens is 1. The van der Waals surface area contributed by atoms with E-state index in [4.69, 9.17) is 5.26 Å². The number of amides is 1. The SMILES string of the molecule is N#Cc1ccccc1NC(=O)CCN1CCN(c2ccccn2)CC1. The van der Waals surface area contributed by atoms with Crippen LogP contribution in [0.25, 0.3) is 0 Å². The molecule has 1 aromatic heterocycles. The highest BCUT2D eigenvalue weighted by Crippen LogP contribution is 2.15. The minimum Gasteiger partial charge on any atom is -0.354 e. The molecule has 2 heterocycles. The highest BCUT2D eigenvalue weighted by Gasteiger charge is 2.18. The fraction of sp³-hybridized carbons (Fsp3) is 0.316. The zero-order chi connectivity index (χ0) is 17.5. The first-order chi connectivity index (χ1) is 12.3. The summed E-state index contributed by atoms with van der Waals surface area (Å²) in [6.45, 7) is 4.37. The van der Waals surface area contributed by atoms with E-state index >= 15 is 0 Å². The van der Waals surface area contributed by atoms with E-state index in [0.717, 1.165) is 38.5 Å². The quantitative estimate of drug-likeness (QED) is 0.906. The summed E-state index contributed by atoms with van der Waals surface area (Å²) in [5.74, 6) is 0.947. The molecule has 0 aliphatic carbocycles. The number of benzene rings is 1. The summed E-state index contributed by atoms with van der Waals surface area (Å²) in [5, 5.41) is 11.9. The molecular formula is C19H21N5O. The van der Waals surface area contributed by atoms with Crippen molar-refractivity contribution in [2.75, 3.05) is 42.9 Å². The van der Waals surface area contributed by atoms with Crippen LogP contribution in [0.3, 0.4) is 0 Å². The third kappa shape index (κ3) is 4.55. The molecule has 128 valence electrons. The van der Waals surface area contributed by atoms with Crippen molar-refractivity contribution in [1.29, 1.82) is 5.26 Å². The van der Waals surface area contributed by atoms with Crippen LogP contribution in [0.4, 0.5) is 11.5 Å². The molecule has 0 saturated carbocycles. The minimum absolute atomic E-state index is 0.0603. The van der Waals surface area contributed by atoms with Gasteiger partial charge in [0.2, 0.25) is 5.91 Å². The molecule has 3 rings (SSSR count). The van der Waals surface area contributed by atoms with E-state index in [1.165, 1.54) is 0 Å². The first kappa shape index (κ1) is 16.9. The molecule has 25 heavy (non-hydrogen) atoms. The monoisotopic (exact) mass is 335 g/mol. The maximum absolute atomic E-state index is 12.1. The van der Waals surface area contributed by atoms with Crippen molar-refractivity contribution in [1.82, 2.24) is 9.88 Å². The van der Waals surface area contributed by atoms with Crippen LogP contribution < -0.4 is 10.2 Å². The van der Waals surface area contributed by atoms with Crippen molar-refractivity contribution in [3.05, 3.63) is 54.2 Å². The zero-order valence-corrected chi connectivity index (χ0v) is 14.1. The maximum Gasteiger partial charge on any atom is 0.225 e. The molecule has 0 spiro atoms. The van der Waals surface area contributed by atoms with Gasteiger partial charge in [-0.05, 0) is 24.3 Å². The molecule has 6 heteroatoms. The van der Waals surface area contributed by atoms with Crippen LogP contribution in [0.5, 0.6) is 0 Å². The highest BCUT2D eigenvalue weighted by atomic mass is 16.1. The number of hydrogen-bond donors (Lipinski definition) is 1. The lowest BCUT2D eigenvalue weighted by molar-refractivity contribution is -0.116. The van der Waals surface area contributed by atoms with Gasteiger partial charge in [0.25, 0.3) is 0 Å². The topological polar surface area (TPSA) is 72.3 Å². The van der Waals surface area contributed by atoms with Crippen molar-refractivity contribution < 1.29 is 4.79 Å². The molecule has 1 amide bonds. The smallest absolute Gasteiger partial charge is 0.225 e. The van der Waals surface area contributed by atoms with Gasteiger partial charge in [-0.1, -0.05) is 18.2 Å². The Morgan fingerprint density at radius 2 is 1.88 bits per heavy atom. The standard InChI is InChI=1S/C19H21N5O/c20-15-16-5-1-2-6-17(16)22-19(25)8-10-23-11-13-24(14-12-23)18-7-3-4-9-21-18/h1-7,9H,8,10-14H2,(H,22,25). The third-order valence-corrected chi connectivity index (χ3v) is 4.32. The molecule has 1 saturated heterocycles. The predicted octanol–water partition coefficient (Wildman–Crippen LogP) is 2.10. The molecule has 2 aromatic rings. The summed E-state index contributed by atoms with van der Waals surface area (Å²) < 4.78 is 0. The van der Waals surface area contributed by atoms with Crippen LogP contribution in [-0.2, 0) is 4.79 Å². The Kier molecular flexibility index (Phi) is 5.60. The Morgan fingerprint density at radius 1 is 1.12 bits per heavy atom. The molecule has 1 aliphatic heterocycles. The summed E-state index contributed by atoms with van der Waals surface area (Å²) in [6.07, 6.45) is 2.23. The van der Waals surface area contributed by atoms with E-state index in [9.17, 15) is 4.79 Å². The molecule has 6 nitrogen and oxygen atoms in total. The lowest BCUT2D eigenvalue weighted by Gasteiger charge is -2.35. The van der Waals surface area contributed by atoms with Gasteiger partial charge in [-0.2, -0.15) is 5.26 Å². The second-order valence-corrected chi connectivity index (χ2v) is 5.97. The van der Waals surface area contributed by atoms with Crippen LogP contribution in [0.1, 0.15) is 12.0 Å². The molecule has 0 radical (unpaired) electrons. The van der Waals surface area contributed by atoms with Crippen molar-refractivity contribution >= 4 is 17.4 Å². The van der Waals surface area contributed by atoms with Crippen LogP contribution in [-0.4, -0.2) is 48.5 Å². The Hall–Kier alpha value is -2.91. The van der Waals surface area contributed by atoms with Crippen molar-refractivity contribution in [2.45, 2.75) is 6.42 Å². The number of carbonyl (C=O) groups is 1. The van der Waals surface area contributed by atoms with Gasteiger partial charge < -0.3 is 10.2 Å². The van der Waals surface area contributed by atoms with Gasteiger partial charge in [0.1, 0.15) is 11.9 Å². The van der Waals surface area contributed by atoms with Crippen molar-refractivity contribution in [3.63, 3.8) is 0 Å². The van der Waals surface area contributed by atoms with Gasteiger partial charge in [-0.3, -0.25) is 9.69 Å². The van der Waals surface area contributed by atoms with Gasteiger partial charge in [0.15, 0.2) is 0 Å². The number of nitrogens with zero attached hydrogens (tertiary/aromatic N) is 4. The second kappa shape index (κ2) is 8.27. The Bertz CT molecular complexity index is 748. The maximum atomic E-state index is 12.1. The average molecular weight is 335 g/mol. The summed E-state index contributed by atoms with van der Waals surface area (Å²) >= 11 is 0. The van der Waals surface area contributed by atoms with Crippen LogP contribution >= 0.6 is 0 Å². The molecule has 0 bridgehead atoms. The molecule has 0 atom stereocenters. The Morgan fingerprint density at radius 3 is 2.60 bits per heavy atom. The minimum atomic E-state index is -0.0603. The van der Waals surface area contributed by atoms with Crippen LogP contribution in [0, 0.1) is 11.3 Å². The van der Waals surface area contributed by atoms with E-state index < -0.39 is 0 Å². The number of pyridine rings is 1. The Labute approximate surface area is 147 Å². The zero-order valence-electron chi connectivity index (χ0n) is 14.1. The summed E-state index contributed by atoms with van der Waals surface area (Å²) in [7, 11) is 0. The molecule has 0 unspecified atom stereocenters. The second-order valence-electron chi connectivity index (χ2n) is 5.97. The van der Waals surface area contributed by atoms with E-state index in [1.54, 1.807) is 18.2 Å². The summed E-state index contributed by atoms with van der Waals surface area (Å²) in [4.78, 5) is 21.1. The number of rotatable bonds is 5. The van der Waals surface area contributed by atoms with E-state index in [2.05, 4.69) is 26.2 Å². The molecule has 1 aromatic carbocycles. The number of carbonyl (C=O) groups excluding carboxylic acids is 1. The fourth-order valence-corrected chi connectivity index (χ4v) is 2.90. The largest absolute Gasteiger partial charge is 0.354 e. The van der Waals surface area contributed by atoms with E-state index in [-0.39, 0.29) is 5.91 Å². The Balaban J connectivity index is 1.44. The normalized spacial score (nSPS) is 14.8. The van der Waals surface area contributed by atoms with Gasteiger partial charge in [-0.25, -0.2) is 4.98 Å². The van der Waals surface area contributed by atoms with Gasteiger partial charge in [-0.15, -0.1) is 0 Å². The van der Waals surface area contributed by atoms with Gasteiger partial charge in [0, 0.05) is 45.3 Å². The fourth-order valence-electron chi connectivity index (χ4n) is 2.90. The molecule has 1 fully saturated rings. The number of nitrogens with one attached hydrogen (secondary N) is 1. The lowest BCUT2D eigenvalue weighted by atomic mass is 10.2. The number of para-hydroxylation sites is 1. The first-order valence-corrected chi connectivity index (χ1v) is 8.43. The third-order valence-electron chi connectivity index (χ3n) is 4.32. The lowest BCUT2D eigenvalue weighted by Crippen LogP contribution is -2.47. The first-order valence-electron chi connectivity index (χ1n) is 8.43. The molecule has 1 N–H and O–H groups in total. The van der Waals surface area contributed by atoms with Crippen LogP contribution in [0.2, 0.25) is 0 Å². The van der Waals surface area contributed by atoms with Crippen molar-refractivity contribution in [3.8, 4) is 6.07 Å². The van der Waals surface area contributed by atoms with E-state index in [1.807, 2.05) is 30.5 Å². The van der Waals surface area contributed by atoms with Gasteiger partial charge >= 0.3 is 0 Å². The van der Waals surface area contributed by atoms with E-state index in [0.29, 0.717) is 17.7 Å². The number of anilines is 2. The predicted molar refractivity (Wildman–Crippen MR) is 97.3 cm³/mol. The summed E-state index contributed by atoms with van der Waals surface area (Å²) in [5.41, 5.74) is 1.06. The number of nitriles is 1. The summed E-state index contributed by atoms with van der Waals surface area (Å²) in [6, 6.07) is 15.1. The highest BCUT2D eigenvalue weighted by molar-refractivity contribution is 5.92. The average Bonchev–Trinajstić information content (AvgIpc) is 2.68. The number of piperazine rings is 1. The van der Waals surface area contributed by atoms with Crippen molar-refractivity contribution in [2.24, 2.45) is 0 Å².